The molecule has 1 atom stereocenters. The number of aliphatic hydroxyl groups is 1. The Hall–Kier alpha value is -1.09. The van der Waals surface area contributed by atoms with Gasteiger partial charge < -0.3 is 10.8 Å². The van der Waals surface area contributed by atoms with Gasteiger partial charge in [0.1, 0.15) is 0 Å². The van der Waals surface area contributed by atoms with Crippen molar-refractivity contribution >= 4 is 5.69 Å². The summed E-state index contributed by atoms with van der Waals surface area (Å²) in [5.41, 5.74) is 7.87. The summed E-state index contributed by atoms with van der Waals surface area (Å²) < 4.78 is 0. The van der Waals surface area contributed by atoms with Gasteiger partial charge in [0.15, 0.2) is 0 Å². The Morgan fingerprint density at radius 2 is 2.13 bits per heavy atom. The minimum absolute atomic E-state index is 0.448. The van der Waals surface area contributed by atoms with Crippen LogP contribution in [0.3, 0.4) is 0 Å². The zero-order chi connectivity index (χ0) is 11.3. The van der Waals surface area contributed by atoms with Gasteiger partial charge in [0.2, 0.25) is 0 Å². The lowest BCUT2D eigenvalue weighted by Crippen LogP contribution is -2.03. The molecule has 0 aliphatic rings. The van der Waals surface area contributed by atoms with E-state index in [4.69, 9.17) is 5.73 Å². The summed E-state index contributed by atoms with van der Waals surface area (Å²) in [6, 6.07) is 3.61. The SMILES string of the molecule is CCCCCC(O)c1ccc(N)c(C)n1. The second-order valence-corrected chi connectivity index (χ2v) is 3.92. The number of hydrogen-bond donors (Lipinski definition) is 2. The zero-order valence-electron chi connectivity index (χ0n) is 9.53. The molecule has 1 aromatic heterocycles. The van der Waals surface area contributed by atoms with Gasteiger partial charge in [-0.15, -0.1) is 0 Å². The molecule has 1 unspecified atom stereocenters. The molecule has 0 bridgehead atoms. The molecule has 0 radical (unpaired) electrons. The number of aryl methyl sites for hydroxylation is 1. The Labute approximate surface area is 91.3 Å². The van der Waals surface area contributed by atoms with E-state index in [0.717, 1.165) is 30.7 Å². The molecule has 1 heterocycles. The maximum absolute atomic E-state index is 9.86. The van der Waals surface area contributed by atoms with Gasteiger partial charge in [-0.25, -0.2) is 0 Å². The molecular formula is C12H20N2O. The molecule has 15 heavy (non-hydrogen) atoms. The molecule has 0 saturated carbocycles. The fraction of sp³-hybridized carbons (Fsp3) is 0.583. The quantitative estimate of drug-likeness (QED) is 0.731. The molecule has 3 N–H and O–H groups in total. The van der Waals surface area contributed by atoms with Crippen molar-refractivity contribution in [1.82, 2.24) is 4.98 Å². The molecule has 0 fully saturated rings. The van der Waals surface area contributed by atoms with Gasteiger partial charge in [0.25, 0.3) is 0 Å². The number of nitrogens with zero attached hydrogens (tertiary/aromatic N) is 1. The van der Waals surface area contributed by atoms with E-state index < -0.39 is 6.10 Å². The zero-order valence-corrected chi connectivity index (χ0v) is 9.53. The molecule has 0 saturated heterocycles. The van der Waals surface area contributed by atoms with Crippen LogP contribution in [0.25, 0.3) is 0 Å². The molecule has 1 aromatic rings. The highest BCUT2D eigenvalue weighted by Crippen LogP contribution is 2.19. The molecule has 1 rings (SSSR count). The molecule has 0 aliphatic carbocycles. The summed E-state index contributed by atoms with van der Waals surface area (Å²) >= 11 is 0. The van der Waals surface area contributed by atoms with Crippen LogP contribution in [0.2, 0.25) is 0 Å². The minimum Gasteiger partial charge on any atom is -0.397 e. The maximum Gasteiger partial charge on any atom is 0.0959 e. The number of nitrogens with two attached hydrogens (primary N) is 1. The highest BCUT2D eigenvalue weighted by Gasteiger charge is 2.09. The molecule has 3 heteroatoms. The van der Waals surface area contributed by atoms with Crippen molar-refractivity contribution in [3.63, 3.8) is 0 Å². The van der Waals surface area contributed by atoms with Crippen molar-refractivity contribution in [3.05, 3.63) is 23.5 Å². The van der Waals surface area contributed by atoms with E-state index in [0.29, 0.717) is 5.69 Å². The lowest BCUT2D eigenvalue weighted by molar-refractivity contribution is 0.159. The van der Waals surface area contributed by atoms with E-state index in [-0.39, 0.29) is 0 Å². The Bertz CT molecular complexity index is 312. The first-order valence-corrected chi connectivity index (χ1v) is 5.56. The van der Waals surface area contributed by atoms with Gasteiger partial charge in [-0.1, -0.05) is 26.2 Å². The molecule has 0 aromatic carbocycles. The maximum atomic E-state index is 9.86. The predicted molar refractivity (Wildman–Crippen MR) is 62.5 cm³/mol. The number of hydrogen-bond acceptors (Lipinski definition) is 3. The Morgan fingerprint density at radius 1 is 1.40 bits per heavy atom. The number of aromatic nitrogens is 1. The van der Waals surface area contributed by atoms with E-state index in [2.05, 4.69) is 11.9 Å². The first kappa shape index (κ1) is 12.0. The molecule has 84 valence electrons. The minimum atomic E-state index is -0.448. The summed E-state index contributed by atoms with van der Waals surface area (Å²) in [7, 11) is 0. The van der Waals surface area contributed by atoms with Crippen LogP contribution in [-0.2, 0) is 0 Å². The van der Waals surface area contributed by atoms with Crippen molar-refractivity contribution in [2.45, 2.75) is 45.6 Å². The molecular weight excluding hydrogens is 188 g/mol. The van der Waals surface area contributed by atoms with E-state index in [1.807, 2.05) is 6.92 Å². The fourth-order valence-corrected chi connectivity index (χ4v) is 1.51. The number of pyridine rings is 1. The Kier molecular flexibility index (Phi) is 4.56. The van der Waals surface area contributed by atoms with Crippen LogP contribution in [0.1, 0.15) is 50.1 Å². The van der Waals surface area contributed by atoms with Gasteiger partial charge in [-0.3, -0.25) is 4.98 Å². The topological polar surface area (TPSA) is 59.1 Å². The van der Waals surface area contributed by atoms with Crippen LogP contribution in [0, 0.1) is 6.92 Å². The lowest BCUT2D eigenvalue weighted by Gasteiger charge is -2.11. The van der Waals surface area contributed by atoms with E-state index in [9.17, 15) is 5.11 Å². The number of nitrogen functional groups attached to an aromatic ring is 1. The summed E-state index contributed by atoms with van der Waals surface area (Å²) in [5.74, 6) is 0. The van der Waals surface area contributed by atoms with Crippen LogP contribution in [0.5, 0.6) is 0 Å². The molecule has 0 amide bonds. The molecule has 3 nitrogen and oxygen atoms in total. The number of anilines is 1. The second kappa shape index (κ2) is 5.71. The summed E-state index contributed by atoms with van der Waals surface area (Å²) in [6.07, 6.45) is 3.70. The van der Waals surface area contributed by atoms with Gasteiger partial charge in [0.05, 0.1) is 23.2 Å². The monoisotopic (exact) mass is 208 g/mol. The van der Waals surface area contributed by atoms with Crippen LogP contribution in [0.4, 0.5) is 5.69 Å². The number of aliphatic hydroxyl groups excluding tert-OH is 1. The summed E-state index contributed by atoms with van der Waals surface area (Å²) in [4.78, 5) is 4.28. The lowest BCUT2D eigenvalue weighted by atomic mass is 10.1. The average molecular weight is 208 g/mol. The smallest absolute Gasteiger partial charge is 0.0959 e. The van der Waals surface area contributed by atoms with Crippen LogP contribution >= 0.6 is 0 Å². The van der Waals surface area contributed by atoms with Crippen molar-refractivity contribution < 1.29 is 5.11 Å². The average Bonchev–Trinajstić information content (AvgIpc) is 2.22. The van der Waals surface area contributed by atoms with Crippen molar-refractivity contribution in [2.24, 2.45) is 0 Å². The third kappa shape index (κ3) is 3.51. The largest absolute Gasteiger partial charge is 0.397 e. The van der Waals surface area contributed by atoms with Gasteiger partial charge in [0, 0.05) is 0 Å². The summed E-state index contributed by atoms with van der Waals surface area (Å²) in [6.45, 7) is 4.01. The van der Waals surface area contributed by atoms with Crippen LogP contribution in [0.15, 0.2) is 12.1 Å². The number of unbranched alkanes of at least 4 members (excludes halogenated alkanes) is 2. The highest BCUT2D eigenvalue weighted by atomic mass is 16.3. The predicted octanol–water partition coefficient (Wildman–Crippen LogP) is 2.59. The first-order valence-electron chi connectivity index (χ1n) is 5.56. The second-order valence-electron chi connectivity index (χ2n) is 3.92. The van der Waals surface area contributed by atoms with Crippen LogP contribution in [-0.4, -0.2) is 10.1 Å². The van der Waals surface area contributed by atoms with Gasteiger partial charge in [-0.2, -0.15) is 0 Å². The molecule has 0 aliphatic heterocycles. The number of rotatable bonds is 5. The first-order chi connectivity index (χ1) is 7.15. The Balaban J connectivity index is 2.57. The standard InChI is InChI=1S/C12H20N2O/c1-3-4-5-6-12(15)11-8-7-10(13)9(2)14-11/h7-8,12,15H,3-6,13H2,1-2H3. The normalized spacial score (nSPS) is 12.7. The van der Waals surface area contributed by atoms with Crippen LogP contribution < -0.4 is 5.73 Å². The van der Waals surface area contributed by atoms with Gasteiger partial charge >= 0.3 is 0 Å². The highest BCUT2D eigenvalue weighted by molar-refractivity contribution is 5.42. The van der Waals surface area contributed by atoms with Crippen molar-refractivity contribution in [3.8, 4) is 0 Å². The third-order valence-corrected chi connectivity index (χ3v) is 2.57. The third-order valence-electron chi connectivity index (χ3n) is 2.57. The van der Waals surface area contributed by atoms with E-state index in [1.165, 1.54) is 6.42 Å². The van der Waals surface area contributed by atoms with Crippen molar-refractivity contribution in [2.75, 3.05) is 5.73 Å². The van der Waals surface area contributed by atoms with Gasteiger partial charge in [-0.05, 0) is 25.5 Å². The summed E-state index contributed by atoms with van der Waals surface area (Å²) in [5, 5.41) is 9.86. The fourth-order valence-electron chi connectivity index (χ4n) is 1.51. The molecule has 0 spiro atoms. The van der Waals surface area contributed by atoms with Crippen molar-refractivity contribution in [1.29, 1.82) is 0 Å². The Morgan fingerprint density at radius 3 is 2.73 bits per heavy atom. The van der Waals surface area contributed by atoms with E-state index >= 15 is 0 Å². The van der Waals surface area contributed by atoms with E-state index in [1.54, 1.807) is 12.1 Å².